The van der Waals surface area contributed by atoms with Gasteiger partial charge in [-0.2, -0.15) is 5.10 Å². The number of carbonyl (C=O) groups is 1. The summed E-state index contributed by atoms with van der Waals surface area (Å²) in [5, 5.41) is 4.38. The molecule has 0 fully saturated rings. The molecule has 0 saturated carbocycles. The maximum absolute atomic E-state index is 11.8. The first-order chi connectivity index (χ1) is 9.58. The molecule has 6 heteroatoms. The van der Waals surface area contributed by atoms with Gasteiger partial charge in [0.15, 0.2) is 0 Å². The molecule has 20 heavy (non-hydrogen) atoms. The first kappa shape index (κ1) is 13.9. The Morgan fingerprint density at radius 3 is 2.65 bits per heavy atom. The molecule has 0 saturated heterocycles. The van der Waals surface area contributed by atoms with Crippen LogP contribution in [-0.4, -0.2) is 12.1 Å². The van der Waals surface area contributed by atoms with E-state index < -0.39 is 0 Å². The van der Waals surface area contributed by atoms with E-state index in [1.165, 1.54) is 6.21 Å². The minimum atomic E-state index is -0.389. The number of para-hydroxylation sites is 1. The molecule has 0 heterocycles. The number of hydrazone groups is 1. The largest absolute Gasteiger partial charge is 0.398 e. The highest BCUT2D eigenvalue weighted by molar-refractivity contribution is 6.31. The van der Waals surface area contributed by atoms with Gasteiger partial charge in [-0.1, -0.05) is 23.7 Å². The van der Waals surface area contributed by atoms with E-state index in [-0.39, 0.29) is 5.91 Å². The van der Waals surface area contributed by atoms with Crippen molar-refractivity contribution in [2.45, 2.75) is 0 Å². The fourth-order valence-corrected chi connectivity index (χ4v) is 1.76. The van der Waals surface area contributed by atoms with Gasteiger partial charge < -0.3 is 11.5 Å². The van der Waals surface area contributed by atoms with Crippen molar-refractivity contribution in [2.24, 2.45) is 5.10 Å². The predicted molar refractivity (Wildman–Crippen MR) is 81.8 cm³/mol. The molecule has 0 aromatic heterocycles. The van der Waals surface area contributed by atoms with Crippen molar-refractivity contribution in [3.63, 3.8) is 0 Å². The second kappa shape index (κ2) is 6.08. The van der Waals surface area contributed by atoms with Gasteiger partial charge in [-0.05, 0) is 30.3 Å². The number of nitrogens with zero attached hydrogens (tertiary/aromatic N) is 1. The van der Waals surface area contributed by atoms with Crippen LogP contribution < -0.4 is 16.9 Å². The van der Waals surface area contributed by atoms with Crippen molar-refractivity contribution < 1.29 is 4.79 Å². The Balaban J connectivity index is 2.09. The van der Waals surface area contributed by atoms with E-state index in [1.54, 1.807) is 42.5 Å². The lowest BCUT2D eigenvalue weighted by molar-refractivity contribution is 0.0956. The van der Waals surface area contributed by atoms with Crippen LogP contribution in [0, 0.1) is 0 Å². The molecule has 0 unspecified atom stereocenters. The van der Waals surface area contributed by atoms with E-state index in [4.69, 9.17) is 23.1 Å². The van der Waals surface area contributed by atoms with Gasteiger partial charge >= 0.3 is 0 Å². The molecule has 0 atom stereocenters. The Bertz CT molecular complexity index is 670. The Morgan fingerprint density at radius 1 is 1.15 bits per heavy atom. The third-order valence-corrected chi connectivity index (χ3v) is 2.86. The summed E-state index contributed by atoms with van der Waals surface area (Å²) < 4.78 is 0. The van der Waals surface area contributed by atoms with Gasteiger partial charge in [0.05, 0.1) is 11.8 Å². The minimum Gasteiger partial charge on any atom is -0.398 e. The predicted octanol–water partition coefficient (Wildman–Crippen LogP) is 2.27. The van der Waals surface area contributed by atoms with Crippen molar-refractivity contribution in [1.82, 2.24) is 5.43 Å². The number of anilines is 2. The first-order valence-corrected chi connectivity index (χ1v) is 6.18. The van der Waals surface area contributed by atoms with Gasteiger partial charge in [-0.25, -0.2) is 5.43 Å². The van der Waals surface area contributed by atoms with Crippen LogP contribution in [0.15, 0.2) is 47.6 Å². The number of hydrogen-bond donors (Lipinski definition) is 3. The number of nitrogens with one attached hydrogen (secondary N) is 1. The number of halogens is 1. The summed E-state index contributed by atoms with van der Waals surface area (Å²) in [6.45, 7) is 0. The van der Waals surface area contributed by atoms with E-state index >= 15 is 0 Å². The third-order valence-electron chi connectivity index (χ3n) is 2.62. The van der Waals surface area contributed by atoms with Crippen molar-refractivity contribution in [2.75, 3.05) is 11.5 Å². The fraction of sp³-hybridized carbons (Fsp3) is 0. The van der Waals surface area contributed by atoms with Crippen molar-refractivity contribution >= 4 is 35.1 Å². The molecule has 0 radical (unpaired) electrons. The molecule has 2 rings (SSSR count). The van der Waals surface area contributed by atoms with E-state index in [0.717, 1.165) is 0 Å². The number of rotatable bonds is 3. The molecular weight excluding hydrogens is 276 g/mol. The van der Waals surface area contributed by atoms with E-state index in [9.17, 15) is 4.79 Å². The second-order valence-corrected chi connectivity index (χ2v) is 4.50. The smallest absolute Gasteiger partial charge is 0.273 e. The van der Waals surface area contributed by atoms with Gasteiger partial charge in [0.1, 0.15) is 0 Å². The van der Waals surface area contributed by atoms with Gasteiger partial charge in [-0.3, -0.25) is 4.79 Å². The van der Waals surface area contributed by atoms with Crippen LogP contribution in [0.2, 0.25) is 5.02 Å². The van der Waals surface area contributed by atoms with E-state index in [0.29, 0.717) is 27.5 Å². The molecule has 0 aliphatic rings. The average Bonchev–Trinajstić information content (AvgIpc) is 2.43. The third kappa shape index (κ3) is 3.27. The van der Waals surface area contributed by atoms with Crippen LogP contribution in [0.3, 0.4) is 0 Å². The SMILES string of the molecule is Nc1ccc(Cl)cc1/C=N/NC(=O)c1ccccc1N. The summed E-state index contributed by atoms with van der Waals surface area (Å²) in [5.41, 5.74) is 15.7. The summed E-state index contributed by atoms with van der Waals surface area (Å²) in [6, 6.07) is 11.7. The number of nitrogens with two attached hydrogens (primary N) is 2. The molecule has 5 nitrogen and oxygen atoms in total. The number of carbonyl (C=O) groups excluding carboxylic acids is 1. The molecule has 0 spiro atoms. The van der Waals surface area contributed by atoms with Crippen LogP contribution in [-0.2, 0) is 0 Å². The highest BCUT2D eigenvalue weighted by Gasteiger charge is 2.07. The second-order valence-electron chi connectivity index (χ2n) is 4.06. The summed E-state index contributed by atoms with van der Waals surface area (Å²) in [5.74, 6) is -0.389. The van der Waals surface area contributed by atoms with Crippen molar-refractivity contribution in [3.05, 3.63) is 58.6 Å². The lowest BCUT2D eigenvalue weighted by Crippen LogP contribution is -2.19. The van der Waals surface area contributed by atoms with Gasteiger partial charge in [0.25, 0.3) is 5.91 Å². The van der Waals surface area contributed by atoms with Crippen molar-refractivity contribution in [1.29, 1.82) is 0 Å². The first-order valence-electron chi connectivity index (χ1n) is 5.81. The van der Waals surface area contributed by atoms with Gasteiger partial charge in [0, 0.05) is 22.0 Å². The minimum absolute atomic E-state index is 0.365. The van der Waals surface area contributed by atoms with Gasteiger partial charge in [-0.15, -0.1) is 0 Å². The Labute approximate surface area is 121 Å². The summed E-state index contributed by atoms with van der Waals surface area (Å²) in [7, 11) is 0. The van der Waals surface area contributed by atoms with Crippen LogP contribution in [0.5, 0.6) is 0 Å². The molecule has 0 aliphatic carbocycles. The molecule has 2 aromatic rings. The van der Waals surface area contributed by atoms with Crippen LogP contribution in [0.25, 0.3) is 0 Å². The Kier molecular flexibility index (Phi) is 4.22. The summed E-state index contributed by atoms with van der Waals surface area (Å²) >= 11 is 5.85. The number of amides is 1. The number of hydrogen-bond acceptors (Lipinski definition) is 4. The van der Waals surface area contributed by atoms with Crippen molar-refractivity contribution in [3.8, 4) is 0 Å². The monoisotopic (exact) mass is 288 g/mol. The zero-order valence-electron chi connectivity index (χ0n) is 10.5. The lowest BCUT2D eigenvalue weighted by Gasteiger charge is -2.03. The Morgan fingerprint density at radius 2 is 1.90 bits per heavy atom. The molecule has 102 valence electrons. The highest BCUT2D eigenvalue weighted by atomic mass is 35.5. The standard InChI is InChI=1S/C14H13ClN4O/c15-10-5-6-12(16)9(7-10)8-18-19-14(20)11-3-1-2-4-13(11)17/h1-8H,16-17H2,(H,19,20)/b18-8+. The molecule has 5 N–H and O–H groups in total. The summed E-state index contributed by atoms with van der Waals surface area (Å²) in [4.78, 5) is 11.8. The lowest BCUT2D eigenvalue weighted by atomic mass is 10.2. The molecule has 0 aliphatic heterocycles. The normalized spacial score (nSPS) is 10.7. The fourth-order valence-electron chi connectivity index (χ4n) is 1.58. The van der Waals surface area contributed by atoms with E-state index in [2.05, 4.69) is 10.5 Å². The Hall–Kier alpha value is -2.53. The van der Waals surface area contributed by atoms with Gasteiger partial charge in [0.2, 0.25) is 0 Å². The van der Waals surface area contributed by atoms with E-state index in [1.807, 2.05) is 0 Å². The molecule has 1 amide bonds. The van der Waals surface area contributed by atoms with Crippen LogP contribution >= 0.6 is 11.6 Å². The summed E-state index contributed by atoms with van der Waals surface area (Å²) in [6.07, 6.45) is 1.43. The topological polar surface area (TPSA) is 93.5 Å². The number of benzene rings is 2. The molecule has 2 aromatic carbocycles. The quantitative estimate of drug-likeness (QED) is 0.459. The zero-order valence-corrected chi connectivity index (χ0v) is 11.3. The maximum atomic E-state index is 11.8. The molecule has 0 bridgehead atoms. The molecular formula is C14H13ClN4O. The van der Waals surface area contributed by atoms with Crippen LogP contribution in [0.1, 0.15) is 15.9 Å². The maximum Gasteiger partial charge on any atom is 0.273 e. The highest BCUT2D eigenvalue weighted by Crippen LogP contribution is 2.16. The zero-order chi connectivity index (χ0) is 14.5. The van der Waals surface area contributed by atoms with Crippen LogP contribution in [0.4, 0.5) is 11.4 Å². The number of nitrogen functional groups attached to an aromatic ring is 2. The average molecular weight is 289 g/mol.